The van der Waals surface area contributed by atoms with E-state index in [1.807, 2.05) is 0 Å². The molecular weight excluding hydrogens is 272 g/mol. The Morgan fingerprint density at radius 1 is 1.10 bits per heavy atom. The molecule has 1 saturated heterocycles. The van der Waals surface area contributed by atoms with Gasteiger partial charge in [-0.3, -0.25) is 9.69 Å². The standard InChI is InChI=1S/C17H21F2NO/c18-14-9-13(10-15(19)11-14)17(21)6-8-20-7-5-12-3-1-2-4-16(12)20/h9-12,16H,1-8H2. The Bertz CT molecular complexity index is 511. The fraction of sp³-hybridized carbons (Fsp3) is 0.588. The van der Waals surface area contributed by atoms with Gasteiger partial charge in [-0.05, 0) is 43.9 Å². The lowest BCUT2D eigenvalue weighted by atomic mass is 9.85. The lowest BCUT2D eigenvalue weighted by molar-refractivity contribution is 0.0950. The summed E-state index contributed by atoms with van der Waals surface area (Å²) in [5, 5.41) is 0. The fourth-order valence-corrected chi connectivity index (χ4v) is 3.88. The van der Waals surface area contributed by atoms with Crippen LogP contribution in [-0.2, 0) is 0 Å². The molecule has 3 rings (SSSR count). The Hall–Kier alpha value is -1.29. The number of nitrogens with zero attached hydrogens (tertiary/aromatic N) is 1. The van der Waals surface area contributed by atoms with Gasteiger partial charge >= 0.3 is 0 Å². The quantitative estimate of drug-likeness (QED) is 0.787. The molecule has 0 spiro atoms. The van der Waals surface area contributed by atoms with Crippen molar-refractivity contribution in [2.45, 2.75) is 44.6 Å². The third kappa shape index (κ3) is 3.31. The van der Waals surface area contributed by atoms with Gasteiger partial charge in [-0.25, -0.2) is 8.78 Å². The number of hydrogen-bond donors (Lipinski definition) is 0. The molecule has 2 aliphatic rings. The molecule has 0 radical (unpaired) electrons. The molecule has 2 nitrogen and oxygen atoms in total. The van der Waals surface area contributed by atoms with E-state index in [2.05, 4.69) is 4.90 Å². The second-order valence-electron chi connectivity index (χ2n) is 6.27. The Balaban J connectivity index is 1.58. The molecule has 0 aromatic heterocycles. The molecule has 1 heterocycles. The zero-order valence-electron chi connectivity index (χ0n) is 12.2. The number of likely N-dealkylation sites (tertiary alicyclic amines) is 1. The van der Waals surface area contributed by atoms with Crippen molar-refractivity contribution in [1.29, 1.82) is 0 Å². The van der Waals surface area contributed by atoms with E-state index in [0.29, 0.717) is 19.0 Å². The minimum absolute atomic E-state index is 0.145. The number of benzene rings is 1. The summed E-state index contributed by atoms with van der Waals surface area (Å²) in [6, 6.07) is 3.66. The van der Waals surface area contributed by atoms with Crippen LogP contribution in [0.4, 0.5) is 8.78 Å². The van der Waals surface area contributed by atoms with E-state index < -0.39 is 11.6 Å². The number of carbonyl (C=O) groups is 1. The first-order chi connectivity index (χ1) is 10.1. The average molecular weight is 293 g/mol. The highest BCUT2D eigenvalue weighted by Crippen LogP contribution is 2.36. The average Bonchev–Trinajstić information content (AvgIpc) is 2.87. The minimum atomic E-state index is -0.688. The summed E-state index contributed by atoms with van der Waals surface area (Å²) in [6.45, 7) is 1.76. The Kier molecular flexibility index (Phi) is 4.34. The first kappa shape index (κ1) is 14.6. The van der Waals surface area contributed by atoms with Crippen LogP contribution in [0.2, 0.25) is 0 Å². The molecule has 2 unspecified atom stereocenters. The van der Waals surface area contributed by atoms with Crippen LogP contribution >= 0.6 is 0 Å². The molecule has 1 saturated carbocycles. The first-order valence-corrected chi connectivity index (χ1v) is 7.87. The van der Waals surface area contributed by atoms with Crippen molar-refractivity contribution in [1.82, 2.24) is 4.90 Å². The fourth-order valence-electron chi connectivity index (χ4n) is 3.88. The van der Waals surface area contributed by atoms with Crippen LogP contribution in [0.15, 0.2) is 18.2 Å². The van der Waals surface area contributed by atoms with E-state index >= 15 is 0 Å². The molecule has 4 heteroatoms. The second kappa shape index (κ2) is 6.22. The van der Waals surface area contributed by atoms with Crippen LogP contribution in [-0.4, -0.2) is 29.8 Å². The van der Waals surface area contributed by atoms with Crippen LogP contribution in [0.1, 0.15) is 48.9 Å². The van der Waals surface area contributed by atoms with Gasteiger partial charge in [0.15, 0.2) is 5.78 Å². The highest BCUT2D eigenvalue weighted by atomic mass is 19.1. The summed E-state index contributed by atoms with van der Waals surface area (Å²) in [5.74, 6) is -0.758. The number of ketones is 1. The molecule has 0 N–H and O–H groups in total. The van der Waals surface area contributed by atoms with E-state index in [4.69, 9.17) is 0 Å². The Morgan fingerprint density at radius 2 is 1.81 bits per heavy atom. The van der Waals surface area contributed by atoms with Crippen molar-refractivity contribution in [3.8, 4) is 0 Å². The van der Waals surface area contributed by atoms with Gasteiger partial charge in [-0.2, -0.15) is 0 Å². The van der Waals surface area contributed by atoms with Crippen molar-refractivity contribution >= 4 is 5.78 Å². The van der Waals surface area contributed by atoms with Gasteiger partial charge in [0.25, 0.3) is 0 Å². The van der Waals surface area contributed by atoms with Crippen molar-refractivity contribution in [3.63, 3.8) is 0 Å². The van der Waals surface area contributed by atoms with E-state index in [1.165, 1.54) is 32.1 Å². The molecule has 1 aliphatic carbocycles. The maximum Gasteiger partial charge on any atom is 0.164 e. The summed E-state index contributed by atoms with van der Waals surface area (Å²) >= 11 is 0. The third-order valence-corrected chi connectivity index (χ3v) is 4.94. The topological polar surface area (TPSA) is 20.3 Å². The number of Topliss-reactive ketones (excluding diaryl/α,β-unsaturated/α-hetero) is 1. The lowest BCUT2D eigenvalue weighted by Gasteiger charge is -2.31. The van der Waals surface area contributed by atoms with Crippen molar-refractivity contribution in [2.24, 2.45) is 5.92 Å². The zero-order chi connectivity index (χ0) is 14.8. The number of carbonyl (C=O) groups excluding carboxylic acids is 1. The zero-order valence-corrected chi connectivity index (χ0v) is 12.2. The van der Waals surface area contributed by atoms with Crippen LogP contribution in [0, 0.1) is 17.6 Å². The number of halogens is 2. The van der Waals surface area contributed by atoms with E-state index in [0.717, 1.165) is 30.7 Å². The monoisotopic (exact) mass is 293 g/mol. The highest BCUT2D eigenvalue weighted by molar-refractivity contribution is 5.96. The molecule has 1 aliphatic heterocycles. The SMILES string of the molecule is O=C(CCN1CCC2CCCCC21)c1cc(F)cc(F)c1. The predicted molar refractivity (Wildman–Crippen MR) is 77.2 cm³/mol. The predicted octanol–water partition coefficient (Wildman–Crippen LogP) is 3.80. The maximum atomic E-state index is 13.1. The van der Waals surface area contributed by atoms with Crippen molar-refractivity contribution < 1.29 is 13.6 Å². The van der Waals surface area contributed by atoms with Crippen molar-refractivity contribution in [2.75, 3.05) is 13.1 Å². The second-order valence-corrected chi connectivity index (χ2v) is 6.27. The number of hydrogen-bond acceptors (Lipinski definition) is 2. The normalized spacial score (nSPS) is 25.8. The Labute approximate surface area is 124 Å². The van der Waals surface area contributed by atoms with E-state index in [9.17, 15) is 13.6 Å². The molecule has 1 aromatic carbocycles. The summed E-state index contributed by atoms with van der Waals surface area (Å²) < 4.78 is 26.3. The van der Waals surface area contributed by atoms with Gasteiger partial charge < -0.3 is 0 Å². The van der Waals surface area contributed by atoms with Crippen LogP contribution in [0.3, 0.4) is 0 Å². The molecule has 2 atom stereocenters. The molecule has 114 valence electrons. The third-order valence-electron chi connectivity index (χ3n) is 4.94. The molecule has 1 aromatic rings. The summed E-state index contributed by atoms with van der Waals surface area (Å²) in [7, 11) is 0. The molecule has 21 heavy (non-hydrogen) atoms. The van der Waals surface area contributed by atoms with Crippen LogP contribution < -0.4 is 0 Å². The molecular formula is C17H21F2NO. The number of rotatable bonds is 4. The molecule has 0 bridgehead atoms. The van der Waals surface area contributed by atoms with Gasteiger partial charge in [0.2, 0.25) is 0 Å². The first-order valence-electron chi connectivity index (χ1n) is 7.87. The van der Waals surface area contributed by atoms with E-state index in [-0.39, 0.29) is 11.3 Å². The van der Waals surface area contributed by atoms with Gasteiger partial charge in [0.05, 0.1) is 0 Å². The van der Waals surface area contributed by atoms with Gasteiger partial charge in [0.1, 0.15) is 11.6 Å². The largest absolute Gasteiger partial charge is 0.300 e. The highest BCUT2D eigenvalue weighted by Gasteiger charge is 2.35. The maximum absolute atomic E-state index is 13.1. The number of fused-ring (bicyclic) bond motifs is 1. The van der Waals surface area contributed by atoms with Crippen LogP contribution in [0.25, 0.3) is 0 Å². The van der Waals surface area contributed by atoms with Crippen molar-refractivity contribution in [3.05, 3.63) is 35.4 Å². The van der Waals surface area contributed by atoms with Crippen LogP contribution in [0.5, 0.6) is 0 Å². The summed E-state index contributed by atoms with van der Waals surface area (Å²) in [4.78, 5) is 14.5. The van der Waals surface area contributed by atoms with E-state index in [1.54, 1.807) is 0 Å². The molecule has 2 fully saturated rings. The van der Waals surface area contributed by atoms with Gasteiger partial charge in [-0.15, -0.1) is 0 Å². The molecule has 0 amide bonds. The minimum Gasteiger partial charge on any atom is -0.300 e. The van der Waals surface area contributed by atoms with Gasteiger partial charge in [-0.1, -0.05) is 12.8 Å². The Morgan fingerprint density at radius 3 is 2.57 bits per heavy atom. The summed E-state index contributed by atoms with van der Waals surface area (Å²) in [6.07, 6.45) is 6.72. The van der Waals surface area contributed by atoms with Gasteiger partial charge in [0, 0.05) is 30.6 Å². The smallest absolute Gasteiger partial charge is 0.164 e. The lowest BCUT2D eigenvalue weighted by Crippen LogP contribution is -2.36. The summed E-state index contributed by atoms with van der Waals surface area (Å²) in [5.41, 5.74) is 0.145.